The molecule has 0 spiro atoms. The largest absolute Gasteiger partial charge is 0.364 e. The van der Waals surface area contributed by atoms with E-state index >= 15 is 0 Å². The fourth-order valence-corrected chi connectivity index (χ4v) is 0.615. The van der Waals surface area contributed by atoms with Gasteiger partial charge in [0.05, 0.1) is 12.4 Å². The average molecular weight is 166 g/mol. The zero-order valence-electron chi connectivity index (χ0n) is 6.02. The molecule has 3 N–H and O–H groups in total. The third-order valence-corrected chi connectivity index (χ3v) is 1.09. The van der Waals surface area contributed by atoms with Gasteiger partial charge in [0.15, 0.2) is 5.82 Å². The van der Waals surface area contributed by atoms with Gasteiger partial charge in [-0.2, -0.15) is 0 Å². The van der Waals surface area contributed by atoms with Crippen molar-refractivity contribution in [3.63, 3.8) is 0 Å². The number of hydrogen-bond acceptors (Lipinski definition) is 4. The van der Waals surface area contributed by atoms with Gasteiger partial charge in [0.1, 0.15) is 5.69 Å². The maximum absolute atomic E-state index is 10.6. The van der Waals surface area contributed by atoms with Gasteiger partial charge < -0.3 is 11.1 Å². The third-order valence-electron chi connectivity index (χ3n) is 1.09. The van der Waals surface area contributed by atoms with Crippen LogP contribution in [-0.2, 0) is 4.79 Å². The standard InChI is InChI=1S/C6H6N4O2/c7-6(12)4-1-8-2-5(10-4)9-3-11/h1-3H,(H2,7,12)(H,9,10,11). The van der Waals surface area contributed by atoms with Gasteiger partial charge >= 0.3 is 0 Å². The van der Waals surface area contributed by atoms with Crippen molar-refractivity contribution >= 4 is 18.1 Å². The molecule has 2 amide bonds. The maximum Gasteiger partial charge on any atom is 0.268 e. The van der Waals surface area contributed by atoms with E-state index in [1.54, 1.807) is 0 Å². The molecule has 62 valence electrons. The molecule has 12 heavy (non-hydrogen) atoms. The summed E-state index contributed by atoms with van der Waals surface area (Å²) in [6, 6.07) is 0. The second-order valence-electron chi connectivity index (χ2n) is 1.92. The Morgan fingerprint density at radius 1 is 1.58 bits per heavy atom. The first-order chi connectivity index (χ1) is 5.74. The summed E-state index contributed by atoms with van der Waals surface area (Å²) in [5, 5.41) is 2.24. The summed E-state index contributed by atoms with van der Waals surface area (Å²) in [4.78, 5) is 27.8. The Labute approximate surface area is 67.8 Å². The topological polar surface area (TPSA) is 98.0 Å². The molecule has 0 atom stereocenters. The van der Waals surface area contributed by atoms with Gasteiger partial charge in [0, 0.05) is 0 Å². The van der Waals surface area contributed by atoms with E-state index in [0.29, 0.717) is 6.41 Å². The minimum absolute atomic E-state index is 0.0156. The molecule has 0 saturated carbocycles. The summed E-state index contributed by atoms with van der Waals surface area (Å²) >= 11 is 0. The summed E-state index contributed by atoms with van der Waals surface area (Å²) in [7, 11) is 0. The van der Waals surface area contributed by atoms with Gasteiger partial charge in [-0.1, -0.05) is 0 Å². The lowest BCUT2D eigenvalue weighted by molar-refractivity contribution is -0.105. The second kappa shape index (κ2) is 3.42. The van der Waals surface area contributed by atoms with Gasteiger partial charge in [-0.05, 0) is 0 Å². The van der Waals surface area contributed by atoms with Gasteiger partial charge in [0.2, 0.25) is 6.41 Å². The molecular weight excluding hydrogens is 160 g/mol. The Bertz CT molecular complexity index is 312. The van der Waals surface area contributed by atoms with Crippen molar-refractivity contribution in [3.8, 4) is 0 Å². The molecule has 0 aliphatic rings. The third kappa shape index (κ3) is 1.75. The molecule has 1 heterocycles. The maximum atomic E-state index is 10.6. The number of amides is 2. The Morgan fingerprint density at radius 2 is 2.33 bits per heavy atom. The molecule has 1 aromatic rings. The van der Waals surface area contributed by atoms with Crippen LogP contribution in [0.25, 0.3) is 0 Å². The van der Waals surface area contributed by atoms with Gasteiger partial charge in [0.25, 0.3) is 5.91 Å². The van der Waals surface area contributed by atoms with Gasteiger partial charge in [-0.15, -0.1) is 0 Å². The number of carbonyl (C=O) groups is 2. The minimum atomic E-state index is -0.683. The molecule has 0 aromatic carbocycles. The van der Waals surface area contributed by atoms with E-state index < -0.39 is 5.91 Å². The number of nitrogens with zero attached hydrogens (tertiary/aromatic N) is 2. The summed E-state index contributed by atoms with van der Waals surface area (Å²) in [6.07, 6.45) is 2.97. The highest BCUT2D eigenvalue weighted by Gasteiger charge is 2.02. The van der Waals surface area contributed by atoms with Crippen LogP contribution in [-0.4, -0.2) is 22.3 Å². The van der Waals surface area contributed by atoms with Crippen molar-refractivity contribution in [2.45, 2.75) is 0 Å². The highest BCUT2D eigenvalue weighted by molar-refractivity contribution is 5.90. The Hall–Kier alpha value is -1.98. The van der Waals surface area contributed by atoms with E-state index in [2.05, 4.69) is 15.3 Å². The molecule has 0 bridgehead atoms. The molecular formula is C6H6N4O2. The van der Waals surface area contributed by atoms with Crippen LogP contribution in [0.5, 0.6) is 0 Å². The molecule has 1 aromatic heterocycles. The van der Waals surface area contributed by atoms with Crippen LogP contribution < -0.4 is 11.1 Å². The van der Waals surface area contributed by atoms with Crippen LogP contribution in [0.2, 0.25) is 0 Å². The van der Waals surface area contributed by atoms with Crippen molar-refractivity contribution in [2.75, 3.05) is 5.32 Å². The van der Waals surface area contributed by atoms with Crippen molar-refractivity contribution in [2.24, 2.45) is 5.73 Å². The molecule has 6 nitrogen and oxygen atoms in total. The van der Waals surface area contributed by atoms with E-state index in [4.69, 9.17) is 5.73 Å². The Kier molecular flexibility index (Phi) is 2.32. The molecule has 0 saturated heterocycles. The van der Waals surface area contributed by atoms with Crippen molar-refractivity contribution in [1.82, 2.24) is 9.97 Å². The normalized spacial score (nSPS) is 9.00. The lowest BCUT2D eigenvalue weighted by atomic mass is 10.4. The Morgan fingerprint density at radius 3 is 2.92 bits per heavy atom. The van der Waals surface area contributed by atoms with Crippen LogP contribution in [0.15, 0.2) is 12.4 Å². The monoisotopic (exact) mass is 166 g/mol. The molecule has 0 aliphatic carbocycles. The predicted molar refractivity (Wildman–Crippen MR) is 40.2 cm³/mol. The SMILES string of the molecule is NC(=O)c1cncc(NC=O)n1. The van der Waals surface area contributed by atoms with Crippen molar-refractivity contribution in [3.05, 3.63) is 18.1 Å². The number of nitrogens with two attached hydrogens (primary N) is 1. The molecule has 0 fully saturated rings. The molecule has 1 rings (SSSR count). The fraction of sp³-hybridized carbons (Fsp3) is 0. The fourth-order valence-electron chi connectivity index (χ4n) is 0.615. The van der Waals surface area contributed by atoms with E-state index in [1.165, 1.54) is 12.4 Å². The smallest absolute Gasteiger partial charge is 0.268 e. The van der Waals surface area contributed by atoms with Crippen LogP contribution in [0.3, 0.4) is 0 Å². The number of carbonyl (C=O) groups excluding carboxylic acids is 2. The first-order valence-electron chi connectivity index (χ1n) is 3.06. The molecule has 6 heteroatoms. The zero-order valence-corrected chi connectivity index (χ0v) is 6.02. The van der Waals surface area contributed by atoms with Gasteiger partial charge in [-0.3, -0.25) is 14.6 Å². The average Bonchev–Trinajstić information content (AvgIpc) is 2.05. The van der Waals surface area contributed by atoms with Gasteiger partial charge in [-0.25, -0.2) is 4.98 Å². The number of aromatic nitrogens is 2. The minimum Gasteiger partial charge on any atom is -0.364 e. The number of rotatable bonds is 3. The number of primary amides is 1. The van der Waals surface area contributed by atoms with Crippen LogP contribution in [0.4, 0.5) is 5.82 Å². The highest BCUT2D eigenvalue weighted by Crippen LogP contribution is 1.99. The second-order valence-corrected chi connectivity index (χ2v) is 1.92. The lowest BCUT2D eigenvalue weighted by Gasteiger charge is -1.97. The molecule has 0 unspecified atom stereocenters. The van der Waals surface area contributed by atoms with Crippen molar-refractivity contribution < 1.29 is 9.59 Å². The number of nitrogens with one attached hydrogen (secondary N) is 1. The van der Waals surface area contributed by atoms with E-state index in [0.717, 1.165) is 0 Å². The lowest BCUT2D eigenvalue weighted by Crippen LogP contribution is -2.14. The summed E-state index contributed by atoms with van der Waals surface area (Å²) in [6.45, 7) is 0. The van der Waals surface area contributed by atoms with E-state index in [9.17, 15) is 9.59 Å². The van der Waals surface area contributed by atoms with E-state index in [1.807, 2.05) is 0 Å². The number of hydrogen-bond donors (Lipinski definition) is 2. The Balaban J connectivity index is 2.95. The first-order valence-corrected chi connectivity index (χ1v) is 3.06. The first kappa shape index (κ1) is 8.12. The van der Waals surface area contributed by atoms with Crippen molar-refractivity contribution in [1.29, 1.82) is 0 Å². The summed E-state index contributed by atoms with van der Waals surface area (Å²) in [5.74, 6) is -0.488. The molecule has 0 aliphatic heterocycles. The summed E-state index contributed by atoms with van der Waals surface area (Å²) in [5.41, 5.74) is 4.94. The predicted octanol–water partition coefficient (Wildman–Crippen LogP) is -0.856. The quantitative estimate of drug-likeness (QED) is 0.571. The van der Waals surface area contributed by atoms with Crippen LogP contribution >= 0.6 is 0 Å². The number of anilines is 1. The zero-order chi connectivity index (χ0) is 8.97. The van der Waals surface area contributed by atoms with Crippen LogP contribution in [0.1, 0.15) is 10.5 Å². The highest BCUT2D eigenvalue weighted by atomic mass is 16.1. The summed E-state index contributed by atoms with van der Waals surface area (Å²) < 4.78 is 0. The van der Waals surface area contributed by atoms with E-state index in [-0.39, 0.29) is 11.5 Å². The van der Waals surface area contributed by atoms with Crippen LogP contribution in [0, 0.1) is 0 Å². The molecule has 0 radical (unpaired) electrons.